The highest BCUT2D eigenvalue weighted by atomic mass is 35.5. The fraction of sp³-hybridized carbons (Fsp3) is 0.500. The van der Waals surface area contributed by atoms with Crippen LogP contribution < -0.4 is 11.1 Å². The summed E-state index contributed by atoms with van der Waals surface area (Å²) in [6.07, 6.45) is 0. The van der Waals surface area contributed by atoms with Crippen LogP contribution >= 0.6 is 23.2 Å². The Labute approximate surface area is 135 Å². The van der Waals surface area contributed by atoms with Gasteiger partial charge in [0.25, 0.3) is 0 Å². The Balaban J connectivity index is 2.92. The summed E-state index contributed by atoms with van der Waals surface area (Å²) in [6, 6.07) is 2.57. The molecule has 0 aliphatic heterocycles. The number of nitrogens with one attached hydrogen (secondary N) is 1. The van der Waals surface area contributed by atoms with E-state index in [9.17, 15) is 9.90 Å². The normalized spacial score (nSPS) is 13.3. The van der Waals surface area contributed by atoms with E-state index in [0.29, 0.717) is 11.4 Å². The molecule has 0 heterocycles. The smallest absolute Gasteiger partial charge is 0.241 e. The molecule has 4 N–H and O–H groups in total. The van der Waals surface area contributed by atoms with Crippen molar-refractivity contribution < 1.29 is 9.90 Å². The quantitative estimate of drug-likeness (QED) is 0.723. The van der Waals surface area contributed by atoms with Gasteiger partial charge < -0.3 is 16.2 Å². The average Bonchev–Trinajstić information content (AvgIpc) is 2.40. The number of nitrogens with zero attached hydrogens (tertiary/aromatic N) is 1. The molecule has 0 saturated carbocycles. The SMILES string of the molecule is CC(C(=O)Nc1c(Cl)cc(N)cc1Cl)N(C)C(C)(C)CO. The third-order valence-electron chi connectivity index (χ3n) is 3.61. The maximum Gasteiger partial charge on any atom is 0.241 e. The fourth-order valence-electron chi connectivity index (χ4n) is 1.75. The van der Waals surface area contributed by atoms with Gasteiger partial charge in [0.15, 0.2) is 0 Å². The van der Waals surface area contributed by atoms with Crippen molar-refractivity contribution in [2.75, 3.05) is 24.7 Å². The zero-order chi connectivity index (χ0) is 16.4. The van der Waals surface area contributed by atoms with E-state index < -0.39 is 11.6 Å². The number of hydrogen-bond donors (Lipinski definition) is 3. The van der Waals surface area contributed by atoms with Crippen LogP contribution in [0.4, 0.5) is 11.4 Å². The number of halogens is 2. The number of carbonyl (C=O) groups is 1. The first-order valence-electron chi connectivity index (χ1n) is 6.49. The van der Waals surface area contributed by atoms with E-state index in [2.05, 4.69) is 5.32 Å². The molecule has 0 fully saturated rings. The molecule has 0 saturated heterocycles. The average molecular weight is 334 g/mol. The van der Waals surface area contributed by atoms with Crippen molar-refractivity contribution in [2.45, 2.75) is 32.4 Å². The minimum absolute atomic E-state index is 0.0650. The van der Waals surface area contributed by atoms with E-state index in [1.54, 1.807) is 18.9 Å². The van der Waals surface area contributed by atoms with Crippen LogP contribution in [0.2, 0.25) is 10.0 Å². The highest BCUT2D eigenvalue weighted by Gasteiger charge is 2.30. The highest BCUT2D eigenvalue weighted by Crippen LogP contribution is 2.33. The van der Waals surface area contributed by atoms with Gasteiger partial charge >= 0.3 is 0 Å². The zero-order valence-electron chi connectivity index (χ0n) is 12.6. The summed E-state index contributed by atoms with van der Waals surface area (Å²) in [7, 11) is 1.77. The van der Waals surface area contributed by atoms with Crippen LogP contribution in [0.15, 0.2) is 12.1 Å². The van der Waals surface area contributed by atoms with E-state index in [1.165, 1.54) is 12.1 Å². The number of rotatable bonds is 5. The number of amides is 1. The molecule has 1 atom stereocenters. The first kappa shape index (κ1) is 18.0. The molecule has 0 aromatic heterocycles. The summed E-state index contributed by atoms with van der Waals surface area (Å²) in [5.74, 6) is -0.271. The van der Waals surface area contributed by atoms with Gasteiger partial charge in [-0.05, 0) is 40.0 Å². The number of carbonyl (C=O) groups excluding carboxylic acids is 1. The molecule has 1 rings (SSSR count). The van der Waals surface area contributed by atoms with E-state index in [-0.39, 0.29) is 22.6 Å². The van der Waals surface area contributed by atoms with Gasteiger partial charge in [0.2, 0.25) is 5.91 Å². The molecule has 0 bridgehead atoms. The molecule has 1 aromatic carbocycles. The van der Waals surface area contributed by atoms with Crippen LogP contribution in [0.3, 0.4) is 0 Å². The molecule has 21 heavy (non-hydrogen) atoms. The molecule has 1 unspecified atom stereocenters. The number of likely N-dealkylation sites (N-methyl/N-ethyl adjacent to an activating group) is 1. The Morgan fingerprint density at radius 1 is 1.43 bits per heavy atom. The van der Waals surface area contributed by atoms with Gasteiger partial charge in [0.1, 0.15) is 0 Å². The highest BCUT2D eigenvalue weighted by molar-refractivity contribution is 6.40. The third-order valence-corrected chi connectivity index (χ3v) is 4.21. The van der Waals surface area contributed by atoms with Gasteiger partial charge in [-0.15, -0.1) is 0 Å². The number of benzene rings is 1. The van der Waals surface area contributed by atoms with Crippen molar-refractivity contribution in [1.82, 2.24) is 4.90 Å². The molecule has 1 aromatic rings. The molecule has 0 radical (unpaired) electrons. The van der Waals surface area contributed by atoms with Gasteiger partial charge in [-0.1, -0.05) is 23.2 Å². The van der Waals surface area contributed by atoms with Crippen molar-refractivity contribution in [2.24, 2.45) is 0 Å². The van der Waals surface area contributed by atoms with Gasteiger partial charge in [-0.25, -0.2) is 0 Å². The van der Waals surface area contributed by atoms with Crippen molar-refractivity contribution in [3.8, 4) is 0 Å². The summed E-state index contributed by atoms with van der Waals surface area (Å²) in [4.78, 5) is 14.1. The number of nitrogens with two attached hydrogens (primary N) is 1. The largest absolute Gasteiger partial charge is 0.399 e. The Hall–Kier alpha value is -1.01. The Bertz CT molecular complexity index is 512. The predicted octanol–water partition coefficient (Wildman–Crippen LogP) is 2.61. The molecule has 0 aliphatic carbocycles. The lowest BCUT2D eigenvalue weighted by Gasteiger charge is -2.37. The molecular formula is C14H21Cl2N3O2. The van der Waals surface area contributed by atoms with Crippen molar-refractivity contribution in [3.05, 3.63) is 22.2 Å². The second-order valence-corrected chi connectivity index (χ2v) is 6.42. The number of hydrogen-bond acceptors (Lipinski definition) is 4. The van der Waals surface area contributed by atoms with Crippen LogP contribution in [0.5, 0.6) is 0 Å². The molecule has 5 nitrogen and oxygen atoms in total. The third kappa shape index (κ3) is 4.23. The van der Waals surface area contributed by atoms with E-state index in [0.717, 1.165) is 0 Å². The Morgan fingerprint density at radius 2 is 1.90 bits per heavy atom. The molecular weight excluding hydrogens is 313 g/mol. The van der Waals surface area contributed by atoms with Gasteiger partial charge in [0, 0.05) is 11.2 Å². The predicted molar refractivity (Wildman–Crippen MR) is 87.9 cm³/mol. The maximum absolute atomic E-state index is 12.3. The molecule has 7 heteroatoms. The van der Waals surface area contributed by atoms with Crippen LogP contribution in [0.1, 0.15) is 20.8 Å². The number of aliphatic hydroxyl groups is 1. The number of aliphatic hydroxyl groups excluding tert-OH is 1. The fourth-order valence-corrected chi connectivity index (χ4v) is 2.35. The monoisotopic (exact) mass is 333 g/mol. The van der Waals surface area contributed by atoms with Crippen molar-refractivity contribution in [3.63, 3.8) is 0 Å². The van der Waals surface area contributed by atoms with Crippen molar-refractivity contribution in [1.29, 1.82) is 0 Å². The second-order valence-electron chi connectivity index (χ2n) is 5.61. The first-order chi connectivity index (χ1) is 9.60. The minimum Gasteiger partial charge on any atom is -0.399 e. The van der Waals surface area contributed by atoms with E-state index >= 15 is 0 Å². The maximum atomic E-state index is 12.3. The van der Waals surface area contributed by atoms with Crippen LogP contribution in [-0.4, -0.2) is 41.1 Å². The minimum atomic E-state index is -0.522. The van der Waals surface area contributed by atoms with Gasteiger partial charge in [-0.2, -0.15) is 0 Å². The Morgan fingerprint density at radius 3 is 2.33 bits per heavy atom. The summed E-state index contributed by atoms with van der Waals surface area (Å²) in [6.45, 7) is 5.37. The van der Waals surface area contributed by atoms with E-state index in [4.69, 9.17) is 28.9 Å². The summed E-state index contributed by atoms with van der Waals surface area (Å²) >= 11 is 12.1. The van der Waals surface area contributed by atoms with Gasteiger partial charge in [0.05, 0.1) is 28.4 Å². The molecule has 0 aliphatic rings. The summed E-state index contributed by atoms with van der Waals surface area (Å²) in [5, 5.41) is 12.6. The molecule has 0 spiro atoms. The van der Waals surface area contributed by atoms with E-state index in [1.807, 2.05) is 13.8 Å². The Kier molecular flexibility index (Phi) is 5.87. The lowest BCUT2D eigenvalue weighted by molar-refractivity contribution is -0.122. The van der Waals surface area contributed by atoms with Crippen LogP contribution in [0.25, 0.3) is 0 Å². The second kappa shape index (κ2) is 6.83. The molecule has 1 amide bonds. The lowest BCUT2D eigenvalue weighted by Crippen LogP contribution is -2.52. The lowest BCUT2D eigenvalue weighted by atomic mass is 10.0. The topological polar surface area (TPSA) is 78.6 Å². The summed E-state index contributed by atoms with van der Waals surface area (Å²) in [5.41, 5.74) is 5.86. The van der Waals surface area contributed by atoms with Crippen LogP contribution in [0, 0.1) is 0 Å². The summed E-state index contributed by atoms with van der Waals surface area (Å²) < 4.78 is 0. The first-order valence-corrected chi connectivity index (χ1v) is 7.25. The molecule has 118 valence electrons. The number of anilines is 2. The zero-order valence-corrected chi connectivity index (χ0v) is 14.1. The van der Waals surface area contributed by atoms with Crippen LogP contribution in [-0.2, 0) is 4.79 Å². The van der Waals surface area contributed by atoms with Crippen molar-refractivity contribution >= 4 is 40.5 Å². The standard InChI is InChI=1S/C14H21Cl2N3O2/c1-8(19(4)14(2,3)7-20)13(21)18-12-10(15)5-9(17)6-11(12)16/h5-6,8,20H,7,17H2,1-4H3,(H,18,21). The number of nitrogen functional groups attached to an aromatic ring is 1. The van der Waals surface area contributed by atoms with Gasteiger partial charge in [-0.3, -0.25) is 9.69 Å².